The van der Waals surface area contributed by atoms with Gasteiger partial charge >= 0.3 is 0 Å². The highest BCUT2D eigenvalue weighted by Crippen LogP contribution is 2.41. The van der Waals surface area contributed by atoms with Gasteiger partial charge < -0.3 is 9.84 Å². The van der Waals surface area contributed by atoms with Crippen LogP contribution in [0.15, 0.2) is 54.6 Å². The van der Waals surface area contributed by atoms with Crippen molar-refractivity contribution in [2.24, 2.45) is 0 Å². The minimum absolute atomic E-state index is 0.00876. The summed E-state index contributed by atoms with van der Waals surface area (Å²) in [6.07, 6.45) is -0.00987. The Morgan fingerprint density at radius 3 is 2.63 bits per heavy atom. The average molecular weight is 382 g/mol. The number of ether oxygens (including phenoxy) is 1. The predicted molar refractivity (Wildman–Crippen MR) is 103 cm³/mol. The first-order chi connectivity index (χ1) is 13.0. The summed E-state index contributed by atoms with van der Waals surface area (Å²) in [5.74, 6) is -0.992. The standard InChI is InChI=1S/C21H16ClNO4/c1-27-18-9-7-13(10-16(18)22)23-19(25)11-15(21(23)26)20-14-5-3-2-4-12(14)6-8-17(20)24/h2-10,15,24H,11H2,1H3. The zero-order chi connectivity index (χ0) is 19.1. The number of aromatic hydroxyl groups is 1. The number of fused-ring (bicyclic) bond motifs is 1. The van der Waals surface area contributed by atoms with E-state index in [2.05, 4.69) is 0 Å². The minimum atomic E-state index is -0.746. The largest absolute Gasteiger partial charge is 0.508 e. The fourth-order valence-electron chi connectivity index (χ4n) is 3.57. The van der Waals surface area contributed by atoms with Crippen LogP contribution in [0.2, 0.25) is 5.02 Å². The van der Waals surface area contributed by atoms with Crippen molar-refractivity contribution in [2.75, 3.05) is 12.0 Å². The van der Waals surface area contributed by atoms with E-state index >= 15 is 0 Å². The van der Waals surface area contributed by atoms with Crippen LogP contribution in [0.3, 0.4) is 0 Å². The first kappa shape index (κ1) is 17.4. The van der Waals surface area contributed by atoms with Gasteiger partial charge in [0.25, 0.3) is 0 Å². The molecule has 1 saturated heterocycles. The molecule has 136 valence electrons. The number of nitrogens with zero attached hydrogens (tertiary/aromatic N) is 1. The van der Waals surface area contributed by atoms with Gasteiger partial charge in [0.1, 0.15) is 11.5 Å². The smallest absolute Gasteiger partial charge is 0.241 e. The van der Waals surface area contributed by atoms with Crippen molar-refractivity contribution in [3.05, 3.63) is 65.2 Å². The monoisotopic (exact) mass is 381 g/mol. The molecule has 1 aliphatic heterocycles. The molecule has 6 heteroatoms. The van der Waals surface area contributed by atoms with Crippen molar-refractivity contribution >= 4 is 39.9 Å². The first-order valence-electron chi connectivity index (χ1n) is 8.42. The third kappa shape index (κ3) is 2.80. The van der Waals surface area contributed by atoms with Crippen molar-refractivity contribution in [3.63, 3.8) is 0 Å². The summed E-state index contributed by atoms with van der Waals surface area (Å²) in [6, 6.07) is 15.6. The van der Waals surface area contributed by atoms with Gasteiger partial charge in [-0.25, -0.2) is 4.90 Å². The molecular formula is C21H16ClNO4. The van der Waals surface area contributed by atoms with Gasteiger partial charge in [0, 0.05) is 12.0 Å². The van der Waals surface area contributed by atoms with Crippen molar-refractivity contribution in [1.29, 1.82) is 0 Å². The summed E-state index contributed by atoms with van der Waals surface area (Å²) in [5, 5.41) is 12.4. The van der Waals surface area contributed by atoms with E-state index in [-0.39, 0.29) is 24.0 Å². The van der Waals surface area contributed by atoms with Gasteiger partial charge in [0.2, 0.25) is 11.8 Å². The van der Waals surface area contributed by atoms with Gasteiger partial charge in [0.15, 0.2) is 0 Å². The number of phenolic OH excluding ortho intramolecular Hbond substituents is 1. The molecule has 0 saturated carbocycles. The van der Waals surface area contributed by atoms with E-state index in [1.165, 1.54) is 13.2 Å². The topological polar surface area (TPSA) is 66.8 Å². The Balaban J connectivity index is 1.78. The quantitative estimate of drug-likeness (QED) is 0.688. The molecule has 1 N–H and O–H groups in total. The molecule has 0 aliphatic carbocycles. The predicted octanol–water partition coefficient (Wildman–Crippen LogP) is 4.25. The molecule has 3 aromatic rings. The lowest BCUT2D eigenvalue weighted by Crippen LogP contribution is -2.30. The molecule has 0 spiro atoms. The number of carbonyl (C=O) groups excluding carboxylic acids is 2. The van der Waals surface area contributed by atoms with Crippen molar-refractivity contribution in [2.45, 2.75) is 12.3 Å². The molecule has 1 heterocycles. The zero-order valence-corrected chi connectivity index (χ0v) is 15.2. The molecule has 27 heavy (non-hydrogen) atoms. The third-order valence-electron chi connectivity index (χ3n) is 4.84. The number of hydrogen-bond donors (Lipinski definition) is 1. The number of carbonyl (C=O) groups is 2. The summed E-state index contributed by atoms with van der Waals surface area (Å²) in [6.45, 7) is 0. The second kappa shape index (κ2) is 6.59. The second-order valence-electron chi connectivity index (χ2n) is 6.36. The van der Waals surface area contributed by atoms with E-state index in [1.54, 1.807) is 24.3 Å². The van der Waals surface area contributed by atoms with Gasteiger partial charge in [-0.3, -0.25) is 9.59 Å². The highest BCUT2D eigenvalue weighted by atomic mass is 35.5. The molecule has 5 nitrogen and oxygen atoms in total. The number of phenols is 1. The van der Waals surface area contributed by atoms with Gasteiger partial charge in [-0.05, 0) is 35.0 Å². The van der Waals surface area contributed by atoms with Crippen molar-refractivity contribution in [1.82, 2.24) is 0 Å². The lowest BCUT2D eigenvalue weighted by molar-refractivity contribution is -0.121. The van der Waals surface area contributed by atoms with Gasteiger partial charge in [-0.15, -0.1) is 0 Å². The van der Waals surface area contributed by atoms with Crippen LogP contribution in [-0.2, 0) is 9.59 Å². The zero-order valence-electron chi connectivity index (χ0n) is 14.5. The minimum Gasteiger partial charge on any atom is -0.508 e. The van der Waals surface area contributed by atoms with Crippen LogP contribution in [0.5, 0.6) is 11.5 Å². The number of halogens is 1. The fourth-order valence-corrected chi connectivity index (χ4v) is 3.83. The number of rotatable bonds is 3. The Morgan fingerprint density at radius 2 is 1.89 bits per heavy atom. The first-order valence-corrected chi connectivity index (χ1v) is 8.80. The summed E-state index contributed by atoms with van der Waals surface area (Å²) < 4.78 is 5.12. The summed E-state index contributed by atoms with van der Waals surface area (Å²) in [5.41, 5.74) is 0.867. The van der Waals surface area contributed by atoms with E-state index in [0.29, 0.717) is 22.0 Å². The van der Waals surface area contributed by atoms with Gasteiger partial charge in [0.05, 0.1) is 23.7 Å². The van der Waals surface area contributed by atoms with E-state index in [0.717, 1.165) is 15.7 Å². The third-order valence-corrected chi connectivity index (χ3v) is 5.13. The molecule has 1 aliphatic rings. The number of hydrogen-bond acceptors (Lipinski definition) is 4. The molecule has 1 atom stereocenters. The molecule has 4 rings (SSSR count). The Labute approximate surface area is 160 Å². The number of anilines is 1. The molecule has 0 radical (unpaired) electrons. The van der Waals surface area contributed by atoms with Crippen LogP contribution in [0.25, 0.3) is 10.8 Å². The Bertz CT molecular complexity index is 1080. The number of imide groups is 1. The van der Waals surface area contributed by atoms with Gasteiger partial charge in [-0.2, -0.15) is 0 Å². The molecule has 1 fully saturated rings. The highest BCUT2D eigenvalue weighted by molar-refractivity contribution is 6.33. The van der Waals surface area contributed by atoms with Crippen molar-refractivity contribution in [3.8, 4) is 11.5 Å². The maximum absolute atomic E-state index is 13.1. The molecule has 2 amide bonds. The Morgan fingerprint density at radius 1 is 1.11 bits per heavy atom. The number of methoxy groups -OCH3 is 1. The van der Waals surface area contributed by atoms with E-state index in [4.69, 9.17) is 16.3 Å². The average Bonchev–Trinajstić information content (AvgIpc) is 2.95. The molecular weight excluding hydrogens is 366 g/mol. The maximum Gasteiger partial charge on any atom is 0.241 e. The second-order valence-corrected chi connectivity index (χ2v) is 6.77. The Kier molecular flexibility index (Phi) is 4.24. The van der Waals surface area contributed by atoms with Gasteiger partial charge in [-0.1, -0.05) is 41.9 Å². The summed E-state index contributed by atoms with van der Waals surface area (Å²) in [4.78, 5) is 26.9. The Hall–Kier alpha value is -3.05. The van der Waals surface area contributed by atoms with Crippen LogP contribution in [0, 0.1) is 0 Å². The van der Waals surface area contributed by atoms with E-state index < -0.39 is 5.92 Å². The van der Waals surface area contributed by atoms with Crippen LogP contribution in [-0.4, -0.2) is 24.0 Å². The SMILES string of the molecule is COc1ccc(N2C(=O)CC(c3c(O)ccc4ccccc34)C2=O)cc1Cl. The van der Waals surface area contributed by atoms with Crippen LogP contribution < -0.4 is 9.64 Å². The van der Waals surface area contributed by atoms with E-state index in [9.17, 15) is 14.7 Å². The normalized spacial score (nSPS) is 17.0. The summed E-state index contributed by atoms with van der Waals surface area (Å²) in [7, 11) is 1.49. The molecule has 3 aromatic carbocycles. The lowest BCUT2D eigenvalue weighted by Gasteiger charge is -2.17. The fraction of sp³-hybridized carbons (Fsp3) is 0.143. The van der Waals surface area contributed by atoms with Crippen LogP contribution >= 0.6 is 11.6 Å². The number of benzene rings is 3. The summed E-state index contributed by atoms with van der Waals surface area (Å²) >= 11 is 6.15. The molecule has 0 aromatic heterocycles. The highest BCUT2D eigenvalue weighted by Gasteiger charge is 2.42. The number of amides is 2. The maximum atomic E-state index is 13.1. The van der Waals surface area contributed by atoms with Crippen molar-refractivity contribution < 1.29 is 19.4 Å². The van der Waals surface area contributed by atoms with E-state index in [1.807, 2.05) is 24.3 Å². The molecule has 1 unspecified atom stereocenters. The van der Waals surface area contributed by atoms with Crippen LogP contribution in [0.1, 0.15) is 17.9 Å². The lowest BCUT2D eigenvalue weighted by atomic mass is 9.91. The van der Waals surface area contributed by atoms with Crippen LogP contribution in [0.4, 0.5) is 5.69 Å². The molecule has 0 bridgehead atoms.